The van der Waals surface area contributed by atoms with Crippen molar-refractivity contribution in [2.24, 2.45) is 0 Å². The van der Waals surface area contributed by atoms with Crippen LogP contribution < -0.4 is 14.8 Å². The number of amides is 1. The van der Waals surface area contributed by atoms with Gasteiger partial charge in [-0.2, -0.15) is 0 Å². The van der Waals surface area contributed by atoms with Crippen LogP contribution in [0.5, 0.6) is 11.5 Å². The van der Waals surface area contributed by atoms with Gasteiger partial charge in [-0.15, -0.1) is 0 Å². The lowest BCUT2D eigenvalue weighted by Crippen LogP contribution is -2.23. The lowest BCUT2D eigenvalue weighted by Gasteiger charge is -2.11. The van der Waals surface area contributed by atoms with Crippen LogP contribution in [0.1, 0.15) is 17.5 Å². The number of nitrogens with one attached hydrogen (secondary N) is 2. The lowest BCUT2D eigenvalue weighted by molar-refractivity contribution is -0.121. The van der Waals surface area contributed by atoms with Crippen molar-refractivity contribution in [1.82, 2.24) is 10.3 Å². The molecule has 1 amide bonds. The zero-order valence-electron chi connectivity index (χ0n) is 14.5. The standard InChI is InChI=1S/C20H22N2O3/c1-24-16-8-6-15(19(12-16)25-2)13-22-20(23)9-7-14-4-3-5-18-17(14)10-11-21-18/h3-6,8,10-12,21H,7,9,13H2,1-2H3,(H,22,23). The van der Waals surface area contributed by atoms with Gasteiger partial charge in [0, 0.05) is 41.7 Å². The monoisotopic (exact) mass is 338 g/mol. The highest BCUT2D eigenvalue weighted by Crippen LogP contribution is 2.24. The number of H-pyrrole nitrogens is 1. The van der Waals surface area contributed by atoms with Crippen LogP contribution in [0.3, 0.4) is 0 Å². The van der Waals surface area contributed by atoms with Crippen molar-refractivity contribution in [2.75, 3.05) is 14.2 Å². The second-order valence-electron chi connectivity index (χ2n) is 5.81. The van der Waals surface area contributed by atoms with E-state index in [-0.39, 0.29) is 5.91 Å². The number of aryl methyl sites for hydroxylation is 1. The van der Waals surface area contributed by atoms with Gasteiger partial charge in [0.15, 0.2) is 0 Å². The van der Waals surface area contributed by atoms with Crippen LogP contribution in [-0.4, -0.2) is 25.1 Å². The molecule has 0 spiro atoms. The summed E-state index contributed by atoms with van der Waals surface area (Å²) in [5, 5.41) is 4.13. The van der Waals surface area contributed by atoms with E-state index >= 15 is 0 Å². The number of fused-ring (bicyclic) bond motifs is 1. The molecule has 0 aliphatic carbocycles. The molecular weight excluding hydrogens is 316 g/mol. The van der Waals surface area contributed by atoms with Crippen LogP contribution >= 0.6 is 0 Å². The third-order valence-electron chi connectivity index (χ3n) is 4.28. The van der Waals surface area contributed by atoms with Crippen LogP contribution in [0.15, 0.2) is 48.7 Å². The first-order valence-corrected chi connectivity index (χ1v) is 8.24. The first kappa shape index (κ1) is 16.9. The van der Waals surface area contributed by atoms with Crippen LogP contribution in [0.4, 0.5) is 0 Å². The van der Waals surface area contributed by atoms with E-state index in [2.05, 4.69) is 16.4 Å². The molecule has 3 aromatic rings. The topological polar surface area (TPSA) is 63.3 Å². The molecule has 2 aromatic carbocycles. The fraction of sp³-hybridized carbons (Fsp3) is 0.250. The summed E-state index contributed by atoms with van der Waals surface area (Å²) in [5.74, 6) is 1.45. The summed E-state index contributed by atoms with van der Waals surface area (Å²) in [6, 6.07) is 13.7. The Labute approximate surface area is 147 Å². The van der Waals surface area contributed by atoms with Gasteiger partial charge >= 0.3 is 0 Å². The number of carbonyl (C=O) groups is 1. The Kier molecular flexibility index (Phi) is 5.23. The number of ether oxygens (including phenoxy) is 2. The van der Waals surface area contributed by atoms with E-state index in [1.54, 1.807) is 14.2 Å². The van der Waals surface area contributed by atoms with Gasteiger partial charge in [-0.25, -0.2) is 0 Å². The quantitative estimate of drug-likeness (QED) is 0.694. The third kappa shape index (κ3) is 3.94. The first-order valence-electron chi connectivity index (χ1n) is 8.24. The normalized spacial score (nSPS) is 10.6. The predicted molar refractivity (Wildman–Crippen MR) is 98.0 cm³/mol. The summed E-state index contributed by atoms with van der Waals surface area (Å²) >= 11 is 0. The Bertz CT molecular complexity index is 870. The molecule has 0 unspecified atom stereocenters. The van der Waals surface area contributed by atoms with Crippen LogP contribution in [-0.2, 0) is 17.8 Å². The second kappa shape index (κ2) is 7.75. The minimum absolute atomic E-state index is 0.0189. The Balaban J connectivity index is 1.57. The molecule has 130 valence electrons. The lowest BCUT2D eigenvalue weighted by atomic mass is 10.1. The van der Waals surface area contributed by atoms with Gasteiger partial charge < -0.3 is 19.8 Å². The van der Waals surface area contributed by atoms with Crippen molar-refractivity contribution in [1.29, 1.82) is 0 Å². The van der Waals surface area contributed by atoms with Crippen molar-refractivity contribution in [2.45, 2.75) is 19.4 Å². The number of rotatable bonds is 7. The smallest absolute Gasteiger partial charge is 0.220 e. The Morgan fingerprint density at radius 2 is 1.96 bits per heavy atom. The van der Waals surface area contributed by atoms with E-state index in [0.29, 0.717) is 25.1 Å². The largest absolute Gasteiger partial charge is 0.497 e. The fourth-order valence-corrected chi connectivity index (χ4v) is 2.90. The number of hydrogen-bond donors (Lipinski definition) is 2. The van der Waals surface area contributed by atoms with Gasteiger partial charge in [0.25, 0.3) is 0 Å². The first-order chi connectivity index (χ1) is 12.2. The molecule has 5 heteroatoms. The molecule has 25 heavy (non-hydrogen) atoms. The van der Waals surface area contributed by atoms with Crippen molar-refractivity contribution in [3.05, 3.63) is 59.8 Å². The highest BCUT2D eigenvalue weighted by molar-refractivity contribution is 5.84. The number of methoxy groups -OCH3 is 2. The maximum atomic E-state index is 12.2. The molecular formula is C20H22N2O3. The van der Waals surface area contributed by atoms with Gasteiger partial charge in [0.1, 0.15) is 11.5 Å². The molecule has 0 saturated carbocycles. The molecule has 0 radical (unpaired) electrons. The maximum Gasteiger partial charge on any atom is 0.220 e. The Morgan fingerprint density at radius 1 is 1.08 bits per heavy atom. The average molecular weight is 338 g/mol. The molecule has 1 heterocycles. The minimum atomic E-state index is 0.0189. The van der Waals surface area contributed by atoms with Gasteiger partial charge in [-0.05, 0) is 36.2 Å². The van der Waals surface area contributed by atoms with Gasteiger partial charge in [-0.3, -0.25) is 4.79 Å². The summed E-state index contributed by atoms with van der Waals surface area (Å²) in [6.07, 6.45) is 3.08. The number of carbonyl (C=O) groups excluding carboxylic acids is 1. The maximum absolute atomic E-state index is 12.2. The fourth-order valence-electron chi connectivity index (χ4n) is 2.90. The zero-order valence-corrected chi connectivity index (χ0v) is 14.5. The Hall–Kier alpha value is -2.95. The number of aromatic nitrogens is 1. The van der Waals surface area contributed by atoms with E-state index in [4.69, 9.17) is 9.47 Å². The molecule has 0 aliphatic rings. The summed E-state index contributed by atoms with van der Waals surface area (Å²) in [7, 11) is 3.22. The second-order valence-corrected chi connectivity index (χ2v) is 5.81. The molecule has 3 rings (SSSR count). The minimum Gasteiger partial charge on any atom is -0.497 e. The van der Waals surface area contributed by atoms with Crippen LogP contribution in [0.25, 0.3) is 10.9 Å². The molecule has 2 N–H and O–H groups in total. The van der Waals surface area contributed by atoms with E-state index < -0.39 is 0 Å². The van der Waals surface area contributed by atoms with E-state index in [0.717, 1.165) is 16.8 Å². The van der Waals surface area contributed by atoms with Gasteiger partial charge in [0.05, 0.1) is 14.2 Å². The van der Waals surface area contributed by atoms with E-state index in [1.807, 2.05) is 42.6 Å². The van der Waals surface area contributed by atoms with Crippen molar-refractivity contribution in [3.63, 3.8) is 0 Å². The van der Waals surface area contributed by atoms with Gasteiger partial charge in [0.2, 0.25) is 5.91 Å². The summed E-state index contributed by atoms with van der Waals surface area (Å²) in [4.78, 5) is 15.4. The Morgan fingerprint density at radius 3 is 2.76 bits per heavy atom. The van der Waals surface area contributed by atoms with E-state index in [9.17, 15) is 4.79 Å². The number of aromatic amines is 1. The SMILES string of the molecule is COc1ccc(CNC(=O)CCc2cccc3[nH]ccc23)c(OC)c1. The van der Waals surface area contributed by atoms with Crippen LogP contribution in [0, 0.1) is 0 Å². The molecule has 0 saturated heterocycles. The molecule has 0 aliphatic heterocycles. The third-order valence-corrected chi connectivity index (χ3v) is 4.28. The highest BCUT2D eigenvalue weighted by atomic mass is 16.5. The van der Waals surface area contributed by atoms with Gasteiger partial charge in [-0.1, -0.05) is 12.1 Å². The molecule has 0 atom stereocenters. The molecule has 0 bridgehead atoms. The van der Waals surface area contributed by atoms with Crippen molar-refractivity contribution < 1.29 is 14.3 Å². The average Bonchev–Trinajstić information content (AvgIpc) is 3.13. The zero-order chi connectivity index (χ0) is 17.6. The number of hydrogen-bond acceptors (Lipinski definition) is 3. The molecule has 1 aromatic heterocycles. The summed E-state index contributed by atoms with van der Waals surface area (Å²) < 4.78 is 10.5. The van der Waals surface area contributed by atoms with Crippen molar-refractivity contribution in [3.8, 4) is 11.5 Å². The summed E-state index contributed by atoms with van der Waals surface area (Å²) in [6.45, 7) is 0.431. The molecule has 5 nitrogen and oxygen atoms in total. The predicted octanol–water partition coefficient (Wildman–Crippen LogP) is 3.43. The van der Waals surface area contributed by atoms with E-state index in [1.165, 1.54) is 10.9 Å². The van der Waals surface area contributed by atoms with Crippen LogP contribution in [0.2, 0.25) is 0 Å². The summed E-state index contributed by atoms with van der Waals surface area (Å²) in [5.41, 5.74) is 3.20. The highest BCUT2D eigenvalue weighted by Gasteiger charge is 2.09. The number of benzene rings is 2. The molecule has 0 fully saturated rings. The van der Waals surface area contributed by atoms with Crippen molar-refractivity contribution >= 4 is 16.8 Å².